The van der Waals surface area contributed by atoms with Gasteiger partial charge in [0.15, 0.2) is 0 Å². The molecule has 0 radical (unpaired) electrons. The van der Waals surface area contributed by atoms with Crippen molar-refractivity contribution in [3.63, 3.8) is 0 Å². The average molecular weight is 506 g/mol. The van der Waals surface area contributed by atoms with Crippen LogP contribution in [-0.4, -0.2) is 57.9 Å². The molecule has 2 saturated heterocycles. The number of hydrogen-bond donors (Lipinski definition) is 1. The normalized spacial score (nSPS) is 18.7. The van der Waals surface area contributed by atoms with Gasteiger partial charge in [-0.15, -0.1) is 0 Å². The molecule has 2 aliphatic heterocycles. The van der Waals surface area contributed by atoms with E-state index in [-0.39, 0.29) is 11.3 Å². The molecule has 0 saturated carbocycles. The van der Waals surface area contributed by atoms with Crippen LogP contribution in [0, 0.1) is 18.3 Å². The Bertz CT molecular complexity index is 1050. The number of benzene rings is 1. The van der Waals surface area contributed by atoms with Crippen LogP contribution in [0.25, 0.3) is 0 Å². The second kappa shape index (κ2) is 11.1. The van der Waals surface area contributed by atoms with Crippen LogP contribution >= 0.6 is 0 Å². The quantitative estimate of drug-likeness (QED) is 0.535. The maximum absolute atomic E-state index is 13.4. The Morgan fingerprint density at radius 3 is 2.11 bits per heavy atom. The zero-order chi connectivity index (χ0) is 26.8. The maximum Gasteiger partial charge on any atom is 0.272 e. The molecule has 0 unspecified atom stereocenters. The molecule has 6 nitrogen and oxygen atoms in total. The van der Waals surface area contributed by atoms with E-state index in [1.54, 1.807) is 0 Å². The fourth-order valence-electron chi connectivity index (χ4n) is 5.87. The molecular formula is C31H47N5O. The second-order valence-corrected chi connectivity index (χ2v) is 13.2. The van der Waals surface area contributed by atoms with Crippen LogP contribution in [0.3, 0.4) is 0 Å². The lowest BCUT2D eigenvalue weighted by molar-refractivity contribution is 0.0439. The van der Waals surface area contributed by atoms with Gasteiger partial charge in [0.25, 0.3) is 5.91 Å². The van der Waals surface area contributed by atoms with E-state index in [2.05, 4.69) is 86.0 Å². The third kappa shape index (κ3) is 6.70. The molecule has 1 N–H and O–H groups in total. The summed E-state index contributed by atoms with van der Waals surface area (Å²) >= 11 is 0. The highest BCUT2D eigenvalue weighted by atomic mass is 16.2. The Labute approximate surface area is 224 Å². The van der Waals surface area contributed by atoms with Crippen LogP contribution in [0.5, 0.6) is 0 Å². The Morgan fingerprint density at radius 2 is 1.54 bits per heavy atom. The zero-order valence-electron chi connectivity index (χ0n) is 24.1. The first-order chi connectivity index (χ1) is 17.4. The molecule has 3 heterocycles. The highest BCUT2D eigenvalue weighted by molar-refractivity contribution is 5.94. The number of nitrogens with one attached hydrogen (secondary N) is 1. The summed E-state index contributed by atoms with van der Waals surface area (Å²) in [5, 5.41) is 3.42. The summed E-state index contributed by atoms with van der Waals surface area (Å²) in [7, 11) is 0. The number of piperidine rings is 2. The SMILES string of the molecule is Cc1c(NCc2ccc(C(C)(C)C)cc2)ncnc1C(=O)N1CCC(N2CCC(C(C)(C)C)CC2)CC1. The Hall–Kier alpha value is -2.47. The number of hydrogen-bond acceptors (Lipinski definition) is 5. The number of anilines is 1. The molecule has 4 rings (SSSR count). The summed E-state index contributed by atoms with van der Waals surface area (Å²) in [6.07, 6.45) is 6.19. The van der Waals surface area contributed by atoms with Crippen molar-refractivity contribution in [3.8, 4) is 0 Å². The van der Waals surface area contributed by atoms with E-state index in [4.69, 9.17) is 0 Å². The van der Waals surface area contributed by atoms with Crippen molar-refractivity contribution in [1.29, 1.82) is 0 Å². The minimum Gasteiger partial charge on any atom is -0.366 e. The van der Waals surface area contributed by atoms with E-state index in [0.29, 0.717) is 23.7 Å². The highest BCUT2D eigenvalue weighted by Gasteiger charge is 2.34. The Morgan fingerprint density at radius 1 is 0.919 bits per heavy atom. The van der Waals surface area contributed by atoms with Gasteiger partial charge in [-0.3, -0.25) is 4.79 Å². The molecule has 1 aromatic carbocycles. The monoisotopic (exact) mass is 505 g/mol. The van der Waals surface area contributed by atoms with E-state index in [1.165, 1.54) is 43.4 Å². The van der Waals surface area contributed by atoms with Crippen molar-refractivity contribution in [2.75, 3.05) is 31.5 Å². The first kappa shape index (κ1) is 27.6. The van der Waals surface area contributed by atoms with Crippen molar-refractivity contribution in [2.45, 2.75) is 92.2 Å². The lowest BCUT2D eigenvalue weighted by Crippen LogP contribution is -2.50. The first-order valence-electron chi connectivity index (χ1n) is 14.1. The van der Waals surface area contributed by atoms with Crippen molar-refractivity contribution < 1.29 is 4.79 Å². The summed E-state index contributed by atoms with van der Waals surface area (Å²) in [6.45, 7) is 20.4. The number of amides is 1. The predicted octanol–water partition coefficient (Wildman–Crippen LogP) is 6.06. The lowest BCUT2D eigenvalue weighted by Gasteiger charge is -2.44. The summed E-state index contributed by atoms with van der Waals surface area (Å²) in [5.41, 5.74) is 4.40. The van der Waals surface area contributed by atoms with Crippen LogP contribution in [0.15, 0.2) is 30.6 Å². The third-order valence-electron chi connectivity index (χ3n) is 8.59. The summed E-state index contributed by atoms with van der Waals surface area (Å²) in [6, 6.07) is 9.29. The molecule has 37 heavy (non-hydrogen) atoms. The number of rotatable bonds is 5. The molecule has 2 aromatic rings. The van der Waals surface area contributed by atoms with Gasteiger partial charge >= 0.3 is 0 Å². The third-order valence-corrected chi connectivity index (χ3v) is 8.59. The van der Waals surface area contributed by atoms with Crippen molar-refractivity contribution in [3.05, 3.63) is 53.0 Å². The molecule has 0 atom stereocenters. The molecule has 2 fully saturated rings. The van der Waals surface area contributed by atoms with Gasteiger partial charge in [0.1, 0.15) is 17.8 Å². The van der Waals surface area contributed by atoms with Gasteiger partial charge in [-0.2, -0.15) is 0 Å². The van der Waals surface area contributed by atoms with Gasteiger partial charge in [-0.05, 0) is 73.6 Å². The maximum atomic E-state index is 13.4. The standard InChI is InChI=1S/C31H47N5O/c1-22-27(33-21-34-28(22)32-20-23-8-10-24(11-9-23)30(2,3)4)29(37)36-18-14-26(15-19-36)35-16-12-25(13-17-35)31(5,6)7/h8-11,21,25-26H,12-20H2,1-7H3,(H,32,33,34). The van der Waals surface area contributed by atoms with Gasteiger partial charge in [0, 0.05) is 31.2 Å². The average Bonchev–Trinajstić information content (AvgIpc) is 2.87. The van der Waals surface area contributed by atoms with E-state index in [9.17, 15) is 4.79 Å². The number of likely N-dealkylation sites (tertiary alicyclic amines) is 2. The molecule has 0 aliphatic carbocycles. The lowest BCUT2D eigenvalue weighted by atomic mass is 9.75. The molecule has 202 valence electrons. The van der Waals surface area contributed by atoms with Crippen molar-refractivity contribution in [2.24, 2.45) is 11.3 Å². The number of carbonyl (C=O) groups is 1. The molecule has 1 aromatic heterocycles. The van der Waals surface area contributed by atoms with Crippen LogP contribution in [0.4, 0.5) is 5.82 Å². The Balaban J connectivity index is 1.31. The van der Waals surface area contributed by atoms with Crippen LogP contribution in [0.1, 0.15) is 94.4 Å². The summed E-state index contributed by atoms with van der Waals surface area (Å²) < 4.78 is 0. The number of nitrogens with zero attached hydrogens (tertiary/aromatic N) is 4. The highest BCUT2D eigenvalue weighted by Crippen LogP contribution is 2.35. The van der Waals surface area contributed by atoms with Gasteiger partial charge in [0.05, 0.1) is 0 Å². The zero-order valence-corrected chi connectivity index (χ0v) is 24.1. The second-order valence-electron chi connectivity index (χ2n) is 13.2. The first-order valence-corrected chi connectivity index (χ1v) is 14.1. The van der Waals surface area contributed by atoms with E-state index in [1.807, 2.05) is 11.8 Å². The van der Waals surface area contributed by atoms with Gasteiger partial charge in [0.2, 0.25) is 0 Å². The number of aromatic nitrogens is 2. The Kier molecular flexibility index (Phi) is 8.27. The van der Waals surface area contributed by atoms with Gasteiger partial charge in [-0.25, -0.2) is 9.97 Å². The fraction of sp³-hybridized carbons (Fsp3) is 0.645. The van der Waals surface area contributed by atoms with E-state index >= 15 is 0 Å². The van der Waals surface area contributed by atoms with E-state index < -0.39 is 0 Å². The van der Waals surface area contributed by atoms with Crippen molar-refractivity contribution in [1.82, 2.24) is 19.8 Å². The minimum atomic E-state index is 0.0300. The molecule has 6 heteroatoms. The fourth-order valence-corrected chi connectivity index (χ4v) is 5.87. The molecular weight excluding hydrogens is 458 g/mol. The van der Waals surface area contributed by atoms with Crippen LogP contribution in [0.2, 0.25) is 0 Å². The van der Waals surface area contributed by atoms with Gasteiger partial charge < -0.3 is 15.1 Å². The topological polar surface area (TPSA) is 61.4 Å². The molecule has 1 amide bonds. The molecule has 2 aliphatic rings. The summed E-state index contributed by atoms with van der Waals surface area (Å²) in [4.78, 5) is 26.9. The van der Waals surface area contributed by atoms with Crippen molar-refractivity contribution >= 4 is 11.7 Å². The molecule has 0 bridgehead atoms. The minimum absolute atomic E-state index is 0.0300. The smallest absolute Gasteiger partial charge is 0.272 e. The van der Waals surface area contributed by atoms with Crippen LogP contribution < -0.4 is 5.32 Å². The van der Waals surface area contributed by atoms with Crippen LogP contribution in [-0.2, 0) is 12.0 Å². The van der Waals surface area contributed by atoms with Gasteiger partial charge in [-0.1, -0.05) is 65.8 Å². The van der Waals surface area contributed by atoms with E-state index in [0.717, 1.165) is 43.2 Å². The number of carbonyl (C=O) groups excluding carboxylic acids is 1. The predicted molar refractivity (Wildman–Crippen MR) is 152 cm³/mol. The largest absolute Gasteiger partial charge is 0.366 e. The molecule has 0 spiro atoms. The summed E-state index contributed by atoms with van der Waals surface area (Å²) in [5.74, 6) is 1.58.